The van der Waals surface area contributed by atoms with Crippen LogP contribution in [-0.4, -0.2) is 29.6 Å². The van der Waals surface area contributed by atoms with Gasteiger partial charge in [0.1, 0.15) is 5.75 Å². The molecule has 0 aliphatic carbocycles. The van der Waals surface area contributed by atoms with E-state index in [1.165, 1.54) is 0 Å². The zero-order chi connectivity index (χ0) is 15.3. The molecule has 20 heavy (non-hydrogen) atoms. The van der Waals surface area contributed by atoms with Crippen molar-refractivity contribution in [2.24, 2.45) is 11.1 Å². The molecule has 0 bridgehead atoms. The van der Waals surface area contributed by atoms with E-state index < -0.39 is 18.6 Å². The summed E-state index contributed by atoms with van der Waals surface area (Å²) in [6.07, 6.45) is 0. The Morgan fingerprint density at radius 2 is 2.05 bits per heavy atom. The molecule has 0 spiro atoms. The van der Waals surface area contributed by atoms with Crippen LogP contribution >= 0.6 is 0 Å². The van der Waals surface area contributed by atoms with Gasteiger partial charge in [0.2, 0.25) is 5.91 Å². The topological polar surface area (TPSA) is 102 Å². The molecule has 110 valence electrons. The van der Waals surface area contributed by atoms with E-state index >= 15 is 0 Å². The number of carbonyl (C=O) groups is 2. The summed E-state index contributed by atoms with van der Waals surface area (Å²) in [6, 6.07) is 5.86. The second-order valence-electron chi connectivity index (χ2n) is 5.54. The molecule has 6 heteroatoms. The van der Waals surface area contributed by atoms with Gasteiger partial charge in [-0.25, -0.2) is 4.79 Å². The van der Waals surface area contributed by atoms with E-state index in [0.717, 1.165) is 0 Å². The van der Waals surface area contributed by atoms with Crippen molar-refractivity contribution in [3.05, 3.63) is 24.3 Å². The number of carboxylic acid groups (broad SMARTS) is 1. The van der Waals surface area contributed by atoms with E-state index in [4.69, 9.17) is 15.6 Å². The normalized spacial score (nSPS) is 12.6. The van der Waals surface area contributed by atoms with Crippen LogP contribution in [0.1, 0.15) is 20.8 Å². The molecule has 0 aromatic heterocycles. The molecule has 4 N–H and O–H groups in total. The Labute approximate surface area is 117 Å². The zero-order valence-corrected chi connectivity index (χ0v) is 11.8. The third-order valence-corrected chi connectivity index (χ3v) is 2.68. The van der Waals surface area contributed by atoms with Crippen molar-refractivity contribution in [1.82, 2.24) is 0 Å². The van der Waals surface area contributed by atoms with Gasteiger partial charge in [-0.1, -0.05) is 26.8 Å². The molecule has 0 aliphatic rings. The fourth-order valence-electron chi connectivity index (χ4n) is 1.42. The summed E-state index contributed by atoms with van der Waals surface area (Å²) < 4.78 is 5.04. The number of carboxylic acids is 1. The van der Waals surface area contributed by atoms with Gasteiger partial charge >= 0.3 is 5.97 Å². The predicted octanol–water partition coefficient (Wildman–Crippen LogP) is 1.46. The Balaban J connectivity index is 2.71. The second-order valence-corrected chi connectivity index (χ2v) is 5.54. The largest absolute Gasteiger partial charge is 0.482 e. The van der Waals surface area contributed by atoms with Crippen LogP contribution in [0.5, 0.6) is 5.75 Å². The van der Waals surface area contributed by atoms with Gasteiger partial charge in [0, 0.05) is 11.8 Å². The third kappa shape index (κ3) is 4.89. The lowest BCUT2D eigenvalue weighted by molar-refractivity contribution is -0.139. The molecule has 1 atom stereocenters. The number of aliphatic carboxylic acids is 1. The molecule has 0 radical (unpaired) electrons. The van der Waals surface area contributed by atoms with Gasteiger partial charge in [-0.15, -0.1) is 0 Å². The standard InChI is InChI=1S/C14H20N2O4/c1-14(2,3)12(15)13(19)16-9-5-4-6-10(7-9)20-8-11(17)18/h4-7,12H,8,15H2,1-3H3,(H,16,19)(H,17,18)/t12-/m0/s1. The molecular weight excluding hydrogens is 260 g/mol. The van der Waals surface area contributed by atoms with Gasteiger partial charge in [0.15, 0.2) is 6.61 Å². The smallest absolute Gasteiger partial charge is 0.341 e. The summed E-state index contributed by atoms with van der Waals surface area (Å²) in [5.74, 6) is -0.989. The number of benzene rings is 1. The van der Waals surface area contributed by atoms with Gasteiger partial charge in [-0.3, -0.25) is 4.79 Å². The first kappa shape index (κ1) is 16.0. The summed E-state index contributed by atoms with van der Waals surface area (Å²) in [4.78, 5) is 22.4. The monoisotopic (exact) mass is 280 g/mol. The van der Waals surface area contributed by atoms with Gasteiger partial charge < -0.3 is 20.9 Å². The summed E-state index contributed by atoms with van der Waals surface area (Å²) in [7, 11) is 0. The summed E-state index contributed by atoms with van der Waals surface area (Å²) in [5.41, 5.74) is 6.02. The molecule has 1 aromatic rings. The lowest BCUT2D eigenvalue weighted by Gasteiger charge is -2.25. The number of hydrogen-bond acceptors (Lipinski definition) is 4. The molecule has 0 heterocycles. The average Bonchev–Trinajstić information content (AvgIpc) is 2.34. The fraction of sp³-hybridized carbons (Fsp3) is 0.429. The number of ether oxygens (including phenoxy) is 1. The Kier molecular flexibility index (Phi) is 5.10. The highest BCUT2D eigenvalue weighted by Crippen LogP contribution is 2.21. The summed E-state index contributed by atoms with van der Waals surface area (Å²) >= 11 is 0. The van der Waals surface area contributed by atoms with Crippen LogP contribution in [0.3, 0.4) is 0 Å². The Morgan fingerprint density at radius 3 is 2.60 bits per heavy atom. The minimum atomic E-state index is -1.06. The van der Waals surface area contributed by atoms with Crippen LogP contribution < -0.4 is 15.8 Å². The van der Waals surface area contributed by atoms with E-state index in [9.17, 15) is 9.59 Å². The van der Waals surface area contributed by atoms with Crippen molar-refractivity contribution in [1.29, 1.82) is 0 Å². The Hall–Kier alpha value is -2.08. The Morgan fingerprint density at radius 1 is 1.40 bits per heavy atom. The minimum Gasteiger partial charge on any atom is -0.482 e. The van der Waals surface area contributed by atoms with Gasteiger partial charge in [-0.05, 0) is 17.5 Å². The lowest BCUT2D eigenvalue weighted by atomic mass is 9.87. The van der Waals surface area contributed by atoms with Crippen molar-refractivity contribution >= 4 is 17.6 Å². The van der Waals surface area contributed by atoms with Gasteiger partial charge in [0.05, 0.1) is 6.04 Å². The van der Waals surface area contributed by atoms with Crippen molar-refractivity contribution < 1.29 is 19.4 Å². The molecule has 1 amide bonds. The van der Waals surface area contributed by atoms with Crippen LogP contribution in [0.25, 0.3) is 0 Å². The molecule has 1 aromatic carbocycles. The molecule has 0 fully saturated rings. The highest BCUT2D eigenvalue weighted by atomic mass is 16.5. The minimum absolute atomic E-state index is 0.298. The highest BCUT2D eigenvalue weighted by Gasteiger charge is 2.27. The van der Waals surface area contributed by atoms with Crippen LogP contribution in [0.2, 0.25) is 0 Å². The quantitative estimate of drug-likeness (QED) is 0.758. The molecule has 1 rings (SSSR count). The van der Waals surface area contributed by atoms with E-state index in [1.54, 1.807) is 24.3 Å². The van der Waals surface area contributed by atoms with Crippen molar-refractivity contribution in [3.8, 4) is 5.75 Å². The number of hydrogen-bond donors (Lipinski definition) is 3. The van der Waals surface area contributed by atoms with E-state index in [2.05, 4.69) is 5.32 Å². The maximum atomic E-state index is 12.0. The van der Waals surface area contributed by atoms with Crippen LogP contribution in [0.15, 0.2) is 24.3 Å². The first-order chi connectivity index (χ1) is 9.20. The Bertz CT molecular complexity index is 494. The molecule has 6 nitrogen and oxygen atoms in total. The van der Waals surface area contributed by atoms with Crippen LogP contribution in [-0.2, 0) is 9.59 Å². The van der Waals surface area contributed by atoms with Crippen LogP contribution in [0.4, 0.5) is 5.69 Å². The number of carbonyl (C=O) groups excluding carboxylic acids is 1. The third-order valence-electron chi connectivity index (χ3n) is 2.68. The van der Waals surface area contributed by atoms with E-state index in [-0.39, 0.29) is 11.3 Å². The number of nitrogens with one attached hydrogen (secondary N) is 1. The SMILES string of the molecule is CC(C)(C)[C@@H](N)C(=O)Nc1cccc(OCC(=O)O)c1. The first-order valence-electron chi connectivity index (χ1n) is 6.21. The maximum absolute atomic E-state index is 12.0. The fourth-order valence-corrected chi connectivity index (χ4v) is 1.42. The second kappa shape index (κ2) is 6.38. The van der Waals surface area contributed by atoms with E-state index in [1.807, 2.05) is 20.8 Å². The highest BCUT2D eigenvalue weighted by molar-refractivity contribution is 5.95. The van der Waals surface area contributed by atoms with Gasteiger partial charge in [-0.2, -0.15) is 0 Å². The van der Waals surface area contributed by atoms with Crippen LogP contribution in [0, 0.1) is 5.41 Å². The predicted molar refractivity (Wildman–Crippen MR) is 75.6 cm³/mol. The summed E-state index contributed by atoms with van der Waals surface area (Å²) in [6.45, 7) is 5.20. The molecular formula is C14H20N2O4. The molecule has 0 aliphatic heterocycles. The zero-order valence-electron chi connectivity index (χ0n) is 11.8. The first-order valence-corrected chi connectivity index (χ1v) is 6.21. The molecule has 0 saturated heterocycles. The van der Waals surface area contributed by atoms with Gasteiger partial charge in [0.25, 0.3) is 0 Å². The lowest BCUT2D eigenvalue weighted by Crippen LogP contribution is -2.45. The molecule has 0 unspecified atom stereocenters. The van der Waals surface area contributed by atoms with Crippen molar-refractivity contribution in [3.63, 3.8) is 0 Å². The number of amides is 1. The average molecular weight is 280 g/mol. The maximum Gasteiger partial charge on any atom is 0.341 e. The van der Waals surface area contributed by atoms with E-state index in [0.29, 0.717) is 11.4 Å². The number of rotatable bonds is 5. The molecule has 0 saturated carbocycles. The number of anilines is 1. The summed E-state index contributed by atoms with van der Waals surface area (Å²) in [5, 5.41) is 11.2. The van der Waals surface area contributed by atoms with Crippen molar-refractivity contribution in [2.45, 2.75) is 26.8 Å². The van der Waals surface area contributed by atoms with Crippen molar-refractivity contribution in [2.75, 3.05) is 11.9 Å². The number of nitrogens with two attached hydrogens (primary N) is 1.